The van der Waals surface area contributed by atoms with E-state index in [9.17, 15) is 22.8 Å². The van der Waals surface area contributed by atoms with E-state index in [0.29, 0.717) is 17.6 Å². The molecule has 0 aromatic heterocycles. The lowest BCUT2D eigenvalue weighted by molar-refractivity contribution is -0.180. The smallest absolute Gasteiger partial charge is 0.416 e. The first-order valence-electron chi connectivity index (χ1n) is 10.6. The van der Waals surface area contributed by atoms with Crippen LogP contribution < -0.4 is 0 Å². The highest BCUT2D eigenvalue weighted by molar-refractivity contribution is 9.09. The predicted octanol–water partition coefficient (Wildman–Crippen LogP) is 6.12. The van der Waals surface area contributed by atoms with E-state index in [1.54, 1.807) is 0 Å². The minimum atomic E-state index is -4.44. The topological polar surface area (TPSA) is 52.6 Å². The number of esters is 2. The number of ether oxygens (including phenoxy) is 2. The minimum Gasteiger partial charge on any atom is -0.463 e. The molecule has 1 aliphatic rings. The van der Waals surface area contributed by atoms with Crippen molar-refractivity contribution in [2.45, 2.75) is 49.2 Å². The van der Waals surface area contributed by atoms with Gasteiger partial charge in [-0.1, -0.05) is 71.7 Å². The number of carbonyl (C=O) groups excluding carboxylic acids is 2. The SMILES string of the molecule is CCCCOC(=O)[C@]1([C@@H](Br)Cc2ccc(C(F)(F)F)cc2)CC(c2ccccc2)=CC(=O)O1. The van der Waals surface area contributed by atoms with Crippen LogP contribution in [-0.4, -0.2) is 29.0 Å². The molecule has 1 aliphatic heterocycles. The second kappa shape index (κ2) is 10.5. The summed E-state index contributed by atoms with van der Waals surface area (Å²) in [5, 5.41) is 0. The molecule has 0 saturated carbocycles. The molecule has 0 N–H and O–H groups in total. The highest BCUT2D eigenvalue weighted by Crippen LogP contribution is 2.40. The Morgan fingerprint density at radius 3 is 2.42 bits per heavy atom. The van der Waals surface area contributed by atoms with Crippen LogP contribution in [0, 0.1) is 0 Å². The fraction of sp³-hybridized carbons (Fsp3) is 0.360. The molecule has 8 heteroatoms. The first-order valence-corrected chi connectivity index (χ1v) is 11.5. The first kappa shape index (κ1) is 25.0. The van der Waals surface area contributed by atoms with Crippen molar-refractivity contribution in [1.29, 1.82) is 0 Å². The number of carbonyl (C=O) groups is 2. The van der Waals surface area contributed by atoms with Gasteiger partial charge in [0.2, 0.25) is 5.60 Å². The van der Waals surface area contributed by atoms with Crippen LogP contribution in [0.15, 0.2) is 60.7 Å². The number of alkyl halides is 4. The van der Waals surface area contributed by atoms with Crippen molar-refractivity contribution >= 4 is 33.4 Å². The van der Waals surface area contributed by atoms with E-state index in [-0.39, 0.29) is 19.4 Å². The van der Waals surface area contributed by atoms with Crippen LogP contribution in [0.25, 0.3) is 5.57 Å². The van der Waals surface area contributed by atoms with Crippen LogP contribution in [0.4, 0.5) is 13.2 Å². The number of cyclic esters (lactones) is 1. The van der Waals surface area contributed by atoms with Gasteiger partial charge >= 0.3 is 18.1 Å². The molecule has 4 nitrogen and oxygen atoms in total. The molecule has 3 rings (SSSR count). The molecule has 0 bridgehead atoms. The summed E-state index contributed by atoms with van der Waals surface area (Å²) >= 11 is 3.50. The number of halogens is 4. The Balaban J connectivity index is 1.91. The fourth-order valence-electron chi connectivity index (χ4n) is 3.61. The summed E-state index contributed by atoms with van der Waals surface area (Å²) < 4.78 is 49.8. The molecule has 0 radical (unpaired) electrons. The summed E-state index contributed by atoms with van der Waals surface area (Å²) in [6.45, 7) is 2.14. The van der Waals surface area contributed by atoms with E-state index in [4.69, 9.17) is 9.47 Å². The van der Waals surface area contributed by atoms with Crippen molar-refractivity contribution in [1.82, 2.24) is 0 Å². The third-order valence-corrected chi connectivity index (χ3v) is 6.51. The van der Waals surface area contributed by atoms with Gasteiger partial charge in [0.05, 0.1) is 17.0 Å². The molecule has 0 saturated heterocycles. The van der Waals surface area contributed by atoms with Gasteiger partial charge in [-0.3, -0.25) is 0 Å². The third kappa shape index (κ3) is 6.05. The molecule has 2 atom stereocenters. The number of benzene rings is 2. The van der Waals surface area contributed by atoms with Gasteiger partial charge in [0, 0.05) is 12.5 Å². The average Bonchev–Trinajstić information content (AvgIpc) is 2.79. The number of hydrogen-bond acceptors (Lipinski definition) is 4. The van der Waals surface area contributed by atoms with E-state index in [1.165, 1.54) is 18.2 Å². The number of unbranched alkanes of at least 4 members (excludes halogenated alkanes) is 1. The van der Waals surface area contributed by atoms with E-state index < -0.39 is 34.1 Å². The second-order valence-corrected chi connectivity index (χ2v) is 8.98. The molecule has 1 heterocycles. The van der Waals surface area contributed by atoms with Gasteiger partial charge in [-0.15, -0.1) is 0 Å². The summed E-state index contributed by atoms with van der Waals surface area (Å²) in [5.74, 6) is -1.36. The van der Waals surface area contributed by atoms with Crippen molar-refractivity contribution in [2.75, 3.05) is 6.61 Å². The fourth-order valence-corrected chi connectivity index (χ4v) is 4.42. The van der Waals surface area contributed by atoms with E-state index in [1.807, 2.05) is 37.3 Å². The van der Waals surface area contributed by atoms with E-state index in [0.717, 1.165) is 24.1 Å². The normalized spacial score (nSPS) is 19.4. The lowest BCUT2D eigenvalue weighted by Gasteiger charge is -2.38. The molecule has 176 valence electrons. The van der Waals surface area contributed by atoms with Crippen LogP contribution in [0.3, 0.4) is 0 Å². The maximum Gasteiger partial charge on any atom is 0.416 e. The predicted molar refractivity (Wildman–Crippen MR) is 122 cm³/mol. The van der Waals surface area contributed by atoms with E-state index in [2.05, 4.69) is 15.9 Å². The molecular weight excluding hydrogens is 501 g/mol. The molecule has 2 aromatic rings. The van der Waals surface area contributed by atoms with Crippen LogP contribution in [-0.2, 0) is 31.7 Å². The van der Waals surface area contributed by atoms with Crippen LogP contribution >= 0.6 is 15.9 Å². The maximum atomic E-state index is 13.2. The van der Waals surface area contributed by atoms with Crippen molar-refractivity contribution < 1.29 is 32.2 Å². The summed E-state index contributed by atoms with van der Waals surface area (Å²) in [6, 6.07) is 13.8. The Morgan fingerprint density at radius 1 is 1.15 bits per heavy atom. The third-order valence-electron chi connectivity index (χ3n) is 5.45. The quantitative estimate of drug-likeness (QED) is 0.237. The average molecular weight is 525 g/mol. The number of rotatable bonds is 8. The van der Waals surface area contributed by atoms with Gasteiger partial charge in [0.25, 0.3) is 0 Å². The summed E-state index contributed by atoms with van der Waals surface area (Å²) in [7, 11) is 0. The zero-order valence-corrected chi connectivity index (χ0v) is 19.6. The highest BCUT2D eigenvalue weighted by Gasteiger charge is 2.52. The van der Waals surface area contributed by atoms with E-state index >= 15 is 0 Å². The van der Waals surface area contributed by atoms with Gasteiger partial charge in [-0.2, -0.15) is 13.2 Å². The Kier molecular flexibility index (Phi) is 8.00. The van der Waals surface area contributed by atoms with Gasteiger partial charge in [-0.05, 0) is 41.7 Å². The van der Waals surface area contributed by atoms with Gasteiger partial charge in [0.15, 0.2) is 0 Å². The number of hydrogen-bond donors (Lipinski definition) is 0. The van der Waals surface area contributed by atoms with Gasteiger partial charge in [-0.25, -0.2) is 9.59 Å². The van der Waals surface area contributed by atoms with Crippen LogP contribution in [0.5, 0.6) is 0 Å². The molecule has 33 heavy (non-hydrogen) atoms. The Labute approximate surface area is 198 Å². The van der Waals surface area contributed by atoms with Crippen LogP contribution in [0.2, 0.25) is 0 Å². The Morgan fingerprint density at radius 2 is 1.82 bits per heavy atom. The van der Waals surface area contributed by atoms with Gasteiger partial charge < -0.3 is 9.47 Å². The molecule has 2 aromatic carbocycles. The van der Waals surface area contributed by atoms with Crippen LogP contribution in [0.1, 0.15) is 42.9 Å². The molecule has 0 unspecified atom stereocenters. The zero-order chi connectivity index (χ0) is 24.1. The maximum absolute atomic E-state index is 13.2. The Bertz CT molecular complexity index is 1000. The minimum absolute atomic E-state index is 0.0737. The van der Waals surface area contributed by atoms with Crippen molar-refractivity contribution in [3.05, 3.63) is 77.4 Å². The summed E-state index contributed by atoms with van der Waals surface area (Å²) in [6.07, 6.45) is -1.39. The molecule has 0 fully saturated rings. The highest BCUT2D eigenvalue weighted by atomic mass is 79.9. The molecular formula is C25H24BrF3O4. The molecule has 0 amide bonds. The second-order valence-electron chi connectivity index (χ2n) is 7.88. The lowest BCUT2D eigenvalue weighted by Crippen LogP contribution is -2.54. The van der Waals surface area contributed by atoms with Crippen molar-refractivity contribution in [3.63, 3.8) is 0 Å². The summed E-state index contributed by atoms with van der Waals surface area (Å²) in [4.78, 5) is 25.1. The van der Waals surface area contributed by atoms with Crippen molar-refractivity contribution in [3.8, 4) is 0 Å². The monoisotopic (exact) mass is 524 g/mol. The molecule has 0 aliphatic carbocycles. The van der Waals surface area contributed by atoms with Crippen molar-refractivity contribution in [2.24, 2.45) is 0 Å². The largest absolute Gasteiger partial charge is 0.463 e. The standard InChI is InChI=1S/C25H24BrF3O4/c1-2-3-13-32-23(31)24(16-19(15-22(30)33-24)18-7-5-4-6-8-18)21(26)14-17-9-11-20(12-10-17)25(27,28)29/h4-12,15,21H,2-3,13-14,16H2,1H3/t21-,24+/m0/s1. The Hall–Kier alpha value is -2.61. The first-order chi connectivity index (χ1) is 15.7. The lowest BCUT2D eigenvalue weighted by atomic mass is 9.83. The zero-order valence-electron chi connectivity index (χ0n) is 18.0. The molecule has 0 spiro atoms. The summed E-state index contributed by atoms with van der Waals surface area (Å²) in [5.41, 5.74) is -0.472. The van der Waals surface area contributed by atoms with Gasteiger partial charge in [0.1, 0.15) is 0 Å².